The van der Waals surface area contributed by atoms with Crippen molar-refractivity contribution >= 4 is 118 Å². The zero-order valence-corrected chi connectivity index (χ0v) is 69.0. The van der Waals surface area contributed by atoms with Gasteiger partial charge in [0, 0.05) is 168 Å². The SMILES string of the molecule is CC(C)(C)OC(=O)NC1CCNC1.C[C@H]1C[C@@H](N)CN(c2ccc(C#N)c3ncccc23)C1.C[C@H]1C[C@@H](NCc2ccc(Br)cc2)CN(c2ccc(C#N)c3ncccc23)C1.C[C@H]1C[C@@H](NCc2ccc(N3CCC(NC(=O)OC(C)(C)C)C3)cc2)CN(c2ccc(C#N)c3ncccc23)C1.Cl.O=Cc1ccc(Br)cc1. The number of hydrogen-bond donors (Lipinski definition) is 6. The zero-order valence-electron chi connectivity index (χ0n) is 65.1. The van der Waals surface area contributed by atoms with Crippen LogP contribution in [0.5, 0.6) is 0 Å². The Hall–Kier alpha value is -9.48. The summed E-state index contributed by atoms with van der Waals surface area (Å²) in [5.74, 6) is 1.73. The molecule has 2 amide bonds. The minimum atomic E-state index is -0.490. The molecule has 0 spiro atoms. The van der Waals surface area contributed by atoms with E-state index in [0.717, 1.165) is 164 Å². The number of piperidine rings is 3. The number of benzene rings is 6. The van der Waals surface area contributed by atoms with Crippen LogP contribution >= 0.6 is 44.3 Å². The van der Waals surface area contributed by atoms with Gasteiger partial charge >= 0.3 is 12.2 Å². The number of ether oxygens (including phenoxy) is 2. The van der Waals surface area contributed by atoms with Crippen molar-refractivity contribution < 1.29 is 23.9 Å². The summed E-state index contributed by atoms with van der Waals surface area (Å²) in [7, 11) is 0. The minimum Gasteiger partial charge on any atom is -0.444 e. The van der Waals surface area contributed by atoms with Crippen LogP contribution < -0.4 is 51.9 Å². The summed E-state index contributed by atoms with van der Waals surface area (Å²) < 4.78 is 12.6. The Morgan fingerprint density at radius 3 is 1.32 bits per heavy atom. The second-order valence-electron chi connectivity index (χ2n) is 31.5. The second kappa shape index (κ2) is 40.6. The van der Waals surface area contributed by atoms with Gasteiger partial charge in [0.15, 0.2) is 0 Å². The molecule has 9 aromatic rings. The first-order valence-electron chi connectivity index (χ1n) is 38.1. The van der Waals surface area contributed by atoms with Crippen molar-refractivity contribution in [2.24, 2.45) is 23.5 Å². The van der Waals surface area contributed by atoms with Gasteiger partial charge in [-0.2, -0.15) is 15.8 Å². The fourth-order valence-corrected chi connectivity index (χ4v) is 15.4. The minimum absolute atomic E-state index is 0. The predicted octanol–water partition coefficient (Wildman–Crippen LogP) is 15.9. The lowest BCUT2D eigenvalue weighted by molar-refractivity contribution is 0.0497. The molecule has 0 bridgehead atoms. The van der Waals surface area contributed by atoms with E-state index in [1.165, 1.54) is 28.9 Å². The maximum atomic E-state index is 12.1. The molecule has 5 aliphatic rings. The van der Waals surface area contributed by atoms with Crippen LogP contribution in [0, 0.1) is 51.7 Å². The molecule has 24 heteroatoms. The average molecular weight is 1650 g/mol. The Labute approximate surface area is 677 Å². The molecule has 0 aliphatic carbocycles. The summed E-state index contributed by atoms with van der Waals surface area (Å²) in [5.41, 5.74) is 17.3. The van der Waals surface area contributed by atoms with Crippen LogP contribution in [0.3, 0.4) is 0 Å². The fourth-order valence-electron chi connectivity index (χ4n) is 14.9. The summed E-state index contributed by atoms with van der Waals surface area (Å²) in [5, 5.41) is 47.8. The quantitative estimate of drug-likeness (QED) is 0.0585. The number of fused-ring (bicyclic) bond motifs is 3. The molecule has 111 heavy (non-hydrogen) atoms. The number of rotatable bonds is 13. The van der Waals surface area contributed by atoms with Crippen LogP contribution in [0.25, 0.3) is 32.7 Å². The largest absolute Gasteiger partial charge is 0.444 e. The molecule has 14 rings (SSSR count). The number of nitrogens with one attached hydrogen (secondary N) is 5. The number of amides is 2. The number of anilines is 4. The van der Waals surface area contributed by atoms with Crippen molar-refractivity contribution in [2.45, 2.75) is 149 Å². The molecule has 0 radical (unpaired) electrons. The maximum absolute atomic E-state index is 12.1. The maximum Gasteiger partial charge on any atom is 0.407 e. The molecule has 5 saturated heterocycles. The van der Waals surface area contributed by atoms with Crippen LogP contribution in [-0.2, 0) is 22.6 Å². The highest BCUT2D eigenvalue weighted by Crippen LogP contribution is 2.35. The van der Waals surface area contributed by atoms with E-state index >= 15 is 0 Å². The number of hydrogen-bond acceptors (Lipinski definition) is 19. The Bertz CT molecular complexity index is 4680. The van der Waals surface area contributed by atoms with Gasteiger partial charge in [-0.1, -0.05) is 89.0 Å². The third kappa shape index (κ3) is 25.3. The molecule has 21 nitrogen and oxygen atoms in total. The lowest BCUT2D eigenvalue weighted by Gasteiger charge is -2.39. The molecule has 6 aromatic carbocycles. The van der Waals surface area contributed by atoms with E-state index in [0.29, 0.717) is 52.1 Å². The van der Waals surface area contributed by atoms with Gasteiger partial charge in [-0.15, -0.1) is 12.4 Å². The first-order chi connectivity index (χ1) is 52.8. The van der Waals surface area contributed by atoms with Crippen molar-refractivity contribution in [1.29, 1.82) is 15.8 Å². The lowest BCUT2D eigenvalue weighted by atomic mass is 9.94. The van der Waals surface area contributed by atoms with Crippen LogP contribution in [0.2, 0.25) is 0 Å². The molecule has 0 saturated carbocycles. The molecule has 8 heterocycles. The number of pyridine rings is 3. The lowest BCUT2D eigenvalue weighted by Crippen LogP contribution is -2.48. The van der Waals surface area contributed by atoms with Gasteiger partial charge in [0.1, 0.15) is 35.7 Å². The van der Waals surface area contributed by atoms with E-state index in [-0.39, 0.29) is 42.7 Å². The summed E-state index contributed by atoms with van der Waals surface area (Å²) in [6, 6.07) is 56.3. The summed E-state index contributed by atoms with van der Waals surface area (Å²) >= 11 is 6.75. The van der Waals surface area contributed by atoms with Crippen molar-refractivity contribution in [1.82, 2.24) is 41.5 Å². The van der Waals surface area contributed by atoms with Crippen molar-refractivity contribution in [3.63, 3.8) is 0 Å². The summed E-state index contributed by atoms with van der Waals surface area (Å²) in [6.07, 6.45) is 10.7. The van der Waals surface area contributed by atoms with Gasteiger partial charge in [-0.25, -0.2) is 9.59 Å². The van der Waals surface area contributed by atoms with Crippen molar-refractivity contribution in [3.05, 3.63) is 207 Å². The van der Waals surface area contributed by atoms with Gasteiger partial charge in [-0.3, -0.25) is 19.7 Å². The van der Waals surface area contributed by atoms with Crippen LogP contribution in [0.15, 0.2) is 173 Å². The third-order valence-electron chi connectivity index (χ3n) is 19.7. The molecule has 3 aromatic heterocycles. The normalized spacial score (nSPS) is 20.1. The number of nitrogens with zero attached hydrogens (tertiary/aromatic N) is 10. The molecule has 8 atom stereocenters. The highest BCUT2D eigenvalue weighted by molar-refractivity contribution is 9.10. The monoisotopic (exact) mass is 1650 g/mol. The van der Waals surface area contributed by atoms with E-state index in [4.69, 9.17) is 15.2 Å². The Kier molecular flexibility index (Phi) is 31.3. The molecule has 5 fully saturated rings. The first-order valence-corrected chi connectivity index (χ1v) is 39.7. The summed E-state index contributed by atoms with van der Waals surface area (Å²) in [6.45, 7) is 29.0. The number of carbonyl (C=O) groups is 3. The molecular weight excluding hydrogens is 1540 g/mol. The molecular formula is C87H105Br2ClN16O5. The van der Waals surface area contributed by atoms with Crippen molar-refractivity contribution in [2.75, 3.05) is 85.0 Å². The third-order valence-corrected chi connectivity index (χ3v) is 20.8. The van der Waals surface area contributed by atoms with E-state index in [2.05, 4.69) is 205 Å². The topological polar surface area (TPSA) is 279 Å². The van der Waals surface area contributed by atoms with Crippen LogP contribution in [0.1, 0.15) is 133 Å². The van der Waals surface area contributed by atoms with E-state index in [9.17, 15) is 30.2 Å². The number of halogens is 3. The van der Waals surface area contributed by atoms with Crippen molar-refractivity contribution in [3.8, 4) is 18.2 Å². The number of aromatic nitrogens is 3. The van der Waals surface area contributed by atoms with Gasteiger partial charge < -0.3 is 61.4 Å². The number of alkyl carbamates (subject to hydrolysis) is 2. The summed E-state index contributed by atoms with van der Waals surface area (Å²) in [4.78, 5) is 56.3. The standard InChI is InChI=1S/C32H40N6O2.C23H23BrN4.C16H18N4.C9H18N2O2.C7H5BrO.ClH/c1-22-16-26(21-38(19-22)29-12-9-24(17-33)30-28(29)6-5-14-34-30)35-18-23-7-10-27(11-8-23)37-15-13-25(20-37)36-31(39)40-32(2,3)4;1-16-11-20(27-13-17-4-7-19(24)8-5-17)15-28(14-16)22-9-6-18(12-25)23-21(22)3-2-10-26-23;1-11-7-13(18)10-20(9-11)15-5-4-12(8-17)16-14(15)3-2-6-19-16;1-9(2,3)13-8(12)11-7-4-5-10-6-7;8-7-3-1-6(5-9)2-4-7;/h5-12,14,22,25-26,35H,13,15-16,18-21H2,1-4H3,(H,36,39);2-10,16,20,27H,11,13-15H2,1H3;2-6,11,13H,7,9-10,18H2,1H3;7,10H,4-6H2,1-3H3,(H,11,12);1-5H;1H/t22-,25?,26+;16-,20+;11-,13+;;;/m000.../s1. The predicted molar refractivity (Wildman–Crippen MR) is 455 cm³/mol. The van der Waals surface area contributed by atoms with E-state index < -0.39 is 11.2 Å². The van der Waals surface area contributed by atoms with Gasteiger partial charge in [0.05, 0.1) is 39.3 Å². The molecule has 7 N–H and O–H groups in total. The van der Waals surface area contributed by atoms with Gasteiger partial charge in [0.2, 0.25) is 0 Å². The first kappa shape index (κ1) is 85.5. The molecule has 584 valence electrons. The number of aldehydes is 1. The Morgan fingerprint density at radius 1 is 0.523 bits per heavy atom. The van der Waals surface area contributed by atoms with Gasteiger partial charge in [0.25, 0.3) is 0 Å². The molecule has 5 aliphatic heterocycles. The average Bonchev–Trinajstić information content (AvgIpc) is 1.16. The Balaban J connectivity index is 0.000000173. The molecule has 2 unspecified atom stereocenters. The van der Waals surface area contributed by atoms with E-state index in [1.807, 2.05) is 102 Å². The smallest absolute Gasteiger partial charge is 0.407 e. The van der Waals surface area contributed by atoms with Crippen LogP contribution in [0.4, 0.5) is 32.3 Å². The van der Waals surface area contributed by atoms with Crippen LogP contribution in [-0.4, -0.2) is 140 Å². The number of nitrogens with two attached hydrogens (primary N) is 1. The second-order valence-corrected chi connectivity index (χ2v) is 33.3. The fraction of sp³-hybridized carbons (Fsp3) is 0.414. The highest BCUT2D eigenvalue weighted by Gasteiger charge is 2.31. The van der Waals surface area contributed by atoms with Gasteiger partial charge in [-0.05, 0) is 218 Å². The van der Waals surface area contributed by atoms with E-state index in [1.54, 1.807) is 30.7 Å². The zero-order chi connectivity index (χ0) is 78.5. The highest BCUT2D eigenvalue weighted by atomic mass is 79.9. The number of nitriles is 3. The number of carbonyl (C=O) groups excluding carboxylic acids is 3. The Morgan fingerprint density at radius 2 is 0.919 bits per heavy atom.